The number of hydrogen-bond donors (Lipinski definition) is 1. The van der Waals surface area contributed by atoms with Crippen molar-refractivity contribution < 1.29 is 19.1 Å². The molecule has 0 aliphatic carbocycles. The minimum atomic E-state index is -0.497. The highest BCUT2D eigenvalue weighted by molar-refractivity contribution is 5.73. The quantitative estimate of drug-likeness (QED) is 0.787. The Morgan fingerprint density at radius 1 is 1.50 bits per heavy atom. The minimum Gasteiger partial charge on any atom is -0.462 e. The van der Waals surface area contributed by atoms with Crippen molar-refractivity contribution in [2.45, 2.75) is 59.2 Å². The first kappa shape index (κ1) is 14.8. The molecule has 0 aromatic rings. The lowest BCUT2D eigenvalue weighted by Crippen LogP contribution is -2.35. The summed E-state index contributed by atoms with van der Waals surface area (Å²) >= 11 is 0. The molecule has 5 nitrogen and oxygen atoms in total. The molecule has 18 heavy (non-hydrogen) atoms. The van der Waals surface area contributed by atoms with Crippen LogP contribution in [0.3, 0.4) is 0 Å². The van der Waals surface area contributed by atoms with Gasteiger partial charge in [-0.1, -0.05) is 13.8 Å². The highest BCUT2D eigenvalue weighted by Crippen LogP contribution is 2.36. The van der Waals surface area contributed by atoms with Gasteiger partial charge in [0.15, 0.2) is 0 Å². The fourth-order valence-corrected chi connectivity index (χ4v) is 1.91. The predicted octanol–water partition coefficient (Wildman–Crippen LogP) is 2.24. The Morgan fingerprint density at radius 3 is 2.56 bits per heavy atom. The number of amides is 1. The Labute approximate surface area is 108 Å². The molecule has 1 atom stereocenters. The number of carbonyl (C=O) groups is 2. The molecule has 1 fully saturated rings. The van der Waals surface area contributed by atoms with Crippen molar-refractivity contribution in [3.05, 3.63) is 0 Å². The first-order valence-electron chi connectivity index (χ1n) is 6.26. The number of cyclic esters (lactones) is 1. The zero-order valence-electron chi connectivity index (χ0n) is 11.8. The van der Waals surface area contributed by atoms with E-state index in [1.165, 1.54) is 0 Å². The van der Waals surface area contributed by atoms with Crippen molar-refractivity contribution in [1.82, 2.24) is 5.32 Å². The van der Waals surface area contributed by atoms with Crippen LogP contribution in [0.15, 0.2) is 0 Å². The molecule has 1 amide bonds. The molecule has 1 saturated heterocycles. The lowest BCUT2D eigenvalue weighted by Gasteiger charge is -2.24. The Morgan fingerprint density at radius 2 is 2.11 bits per heavy atom. The highest BCUT2D eigenvalue weighted by atomic mass is 16.6. The molecule has 0 saturated carbocycles. The van der Waals surface area contributed by atoms with Crippen molar-refractivity contribution in [3.8, 4) is 0 Å². The predicted molar refractivity (Wildman–Crippen MR) is 67.1 cm³/mol. The van der Waals surface area contributed by atoms with Crippen LogP contribution in [0.1, 0.15) is 47.5 Å². The van der Waals surface area contributed by atoms with E-state index in [1.54, 1.807) is 0 Å². The highest BCUT2D eigenvalue weighted by Gasteiger charge is 2.41. The number of nitrogens with one attached hydrogen (secondary N) is 1. The summed E-state index contributed by atoms with van der Waals surface area (Å²) in [6.07, 6.45) is 0.465. The summed E-state index contributed by atoms with van der Waals surface area (Å²) < 4.78 is 10.3. The number of hydrogen-bond acceptors (Lipinski definition) is 4. The van der Waals surface area contributed by atoms with Gasteiger partial charge < -0.3 is 14.8 Å². The maximum Gasteiger partial charge on any atom is 0.407 e. The van der Waals surface area contributed by atoms with Crippen molar-refractivity contribution in [3.63, 3.8) is 0 Å². The number of ether oxygens (including phenoxy) is 2. The number of esters is 1. The van der Waals surface area contributed by atoms with E-state index >= 15 is 0 Å². The van der Waals surface area contributed by atoms with Crippen LogP contribution in [0.2, 0.25) is 0 Å². The van der Waals surface area contributed by atoms with Gasteiger partial charge in [-0.15, -0.1) is 0 Å². The van der Waals surface area contributed by atoms with Crippen molar-refractivity contribution in [2.24, 2.45) is 5.41 Å². The molecule has 0 unspecified atom stereocenters. The lowest BCUT2D eigenvalue weighted by molar-refractivity contribution is -0.141. The van der Waals surface area contributed by atoms with Crippen LogP contribution < -0.4 is 5.32 Å². The third-order valence-corrected chi connectivity index (χ3v) is 2.82. The van der Waals surface area contributed by atoms with Crippen molar-refractivity contribution in [2.75, 3.05) is 6.54 Å². The Kier molecular flexibility index (Phi) is 4.24. The first-order valence-corrected chi connectivity index (χ1v) is 6.26. The molecule has 0 aromatic carbocycles. The summed E-state index contributed by atoms with van der Waals surface area (Å²) in [5, 5.41) is 2.67. The SMILES string of the molecule is CC(C)(C)OC(=O)NCC[C@H]1OC(=O)CC1(C)C. The molecule has 1 N–H and O–H groups in total. The molecule has 1 rings (SSSR count). The van der Waals surface area contributed by atoms with E-state index in [-0.39, 0.29) is 17.5 Å². The van der Waals surface area contributed by atoms with Gasteiger partial charge in [-0.2, -0.15) is 0 Å². The van der Waals surface area contributed by atoms with Gasteiger partial charge in [0.05, 0.1) is 6.42 Å². The second kappa shape index (κ2) is 5.16. The molecule has 1 aliphatic rings. The van der Waals surface area contributed by atoms with Crippen molar-refractivity contribution >= 4 is 12.1 Å². The monoisotopic (exact) mass is 257 g/mol. The van der Waals surface area contributed by atoms with Gasteiger partial charge in [0.25, 0.3) is 0 Å². The topological polar surface area (TPSA) is 64.6 Å². The van der Waals surface area contributed by atoms with E-state index in [9.17, 15) is 9.59 Å². The molecular weight excluding hydrogens is 234 g/mol. The normalized spacial score (nSPS) is 22.5. The molecule has 0 aromatic heterocycles. The minimum absolute atomic E-state index is 0.139. The smallest absolute Gasteiger partial charge is 0.407 e. The van der Waals surface area contributed by atoms with E-state index in [1.807, 2.05) is 34.6 Å². The van der Waals surface area contributed by atoms with Crippen LogP contribution in [-0.2, 0) is 14.3 Å². The molecule has 0 bridgehead atoms. The summed E-state index contributed by atoms with van der Waals surface area (Å²) in [4.78, 5) is 22.6. The Bertz CT molecular complexity index is 330. The van der Waals surface area contributed by atoms with E-state index in [0.29, 0.717) is 19.4 Å². The van der Waals surface area contributed by atoms with Gasteiger partial charge in [-0.3, -0.25) is 4.79 Å². The summed E-state index contributed by atoms with van der Waals surface area (Å²) in [5.41, 5.74) is -0.657. The van der Waals surface area contributed by atoms with Gasteiger partial charge in [0.2, 0.25) is 0 Å². The van der Waals surface area contributed by atoms with Crippen molar-refractivity contribution in [1.29, 1.82) is 0 Å². The van der Waals surface area contributed by atoms with Crippen LogP contribution >= 0.6 is 0 Å². The molecule has 0 spiro atoms. The molecule has 0 radical (unpaired) electrons. The standard InChI is InChI=1S/C13H23NO4/c1-12(2,3)18-11(16)14-7-6-9-13(4,5)8-10(15)17-9/h9H,6-8H2,1-5H3,(H,14,16)/t9-/m1/s1. The van der Waals surface area contributed by atoms with Crippen LogP contribution in [0.4, 0.5) is 4.79 Å². The van der Waals surface area contributed by atoms with E-state index in [4.69, 9.17) is 9.47 Å². The summed E-state index contributed by atoms with van der Waals surface area (Å²) in [6.45, 7) is 9.87. The number of alkyl carbamates (subject to hydrolysis) is 1. The maximum atomic E-state index is 11.4. The van der Waals surface area contributed by atoms with Gasteiger partial charge in [0, 0.05) is 18.4 Å². The van der Waals surface area contributed by atoms with Crippen LogP contribution in [0, 0.1) is 5.41 Å². The van der Waals surface area contributed by atoms with Gasteiger partial charge in [0.1, 0.15) is 11.7 Å². The van der Waals surface area contributed by atoms with E-state index in [2.05, 4.69) is 5.32 Å². The average molecular weight is 257 g/mol. The molecule has 1 aliphatic heterocycles. The number of carbonyl (C=O) groups excluding carboxylic acids is 2. The summed E-state index contributed by atoms with van der Waals surface area (Å²) in [5.74, 6) is -0.165. The molecule has 1 heterocycles. The zero-order valence-corrected chi connectivity index (χ0v) is 11.8. The first-order chi connectivity index (χ1) is 8.10. The fourth-order valence-electron chi connectivity index (χ4n) is 1.91. The molecular formula is C13H23NO4. The zero-order chi connectivity index (χ0) is 14.0. The van der Waals surface area contributed by atoms with Crippen LogP contribution in [0.5, 0.6) is 0 Å². The number of rotatable bonds is 3. The third kappa shape index (κ3) is 4.55. The fraction of sp³-hybridized carbons (Fsp3) is 0.846. The lowest BCUT2D eigenvalue weighted by atomic mass is 9.84. The Balaban J connectivity index is 2.30. The van der Waals surface area contributed by atoms with Gasteiger partial charge in [-0.25, -0.2) is 4.79 Å². The summed E-state index contributed by atoms with van der Waals surface area (Å²) in [6, 6.07) is 0. The van der Waals surface area contributed by atoms with E-state index < -0.39 is 11.7 Å². The van der Waals surface area contributed by atoms with Crippen LogP contribution in [0.25, 0.3) is 0 Å². The molecule has 5 heteroatoms. The van der Waals surface area contributed by atoms with Crippen LogP contribution in [-0.4, -0.2) is 30.3 Å². The van der Waals surface area contributed by atoms with E-state index in [0.717, 1.165) is 0 Å². The van der Waals surface area contributed by atoms with Gasteiger partial charge >= 0.3 is 12.1 Å². The maximum absolute atomic E-state index is 11.4. The average Bonchev–Trinajstić information content (AvgIpc) is 2.36. The largest absolute Gasteiger partial charge is 0.462 e. The Hall–Kier alpha value is -1.26. The molecule has 104 valence electrons. The van der Waals surface area contributed by atoms with Gasteiger partial charge in [-0.05, 0) is 20.8 Å². The second-order valence-corrected chi connectivity index (χ2v) is 6.36. The summed E-state index contributed by atoms with van der Waals surface area (Å²) in [7, 11) is 0. The third-order valence-electron chi connectivity index (χ3n) is 2.82. The second-order valence-electron chi connectivity index (χ2n) is 6.36.